The highest BCUT2D eigenvalue weighted by atomic mass is 32.2. The van der Waals surface area contributed by atoms with E-state index in [4.69, 9.17) is 9.84 Å². The van der Waals surface area contributed by atoms with E-state index in [0.717, 1.165) is 0 Å². The van der Waals surface area contributed by atoms with Crippen molar-refractivity contribution in [2.45, 2.75) is 38.0 Å². The molecular formula is C11H23NO3S. The Morgan fingerprint density at radius 3 is 2.56 bits per heavy atom. The van der Waals surface area contributed by atoms with Crippen LogP contribution >= 0.6 is 11.8 Å². The fourth-order valence-corrected chi connectivity index (χ4v) is 1.75. The maximum absolute atomic E-state index is 11.6. The average Bonchev–Trinajstić information content (AvgIpc) is 2.14. The van der Waals surface area contributed by atoms with Crippen molar-refractivity contribution in [3.8, 4) is 0 Å². The number of ether oxygens (including phenoxy) is 1. The molecule has 4 nitrogen and oxygen atoms in total. The van der Waals surface area contributed by atoms with Gasteiger partial charge in [0.2, 0.25) is 5.91 Å². The molecular weight excluding hydrogens is 226 g/mol. The number of amides is 1. The van der Waals surface area contributed by atoms with E-state index in [1.165, 1.54) is 0 Å². The zero-order valence-electron chi connectivity index (χ0n) is 10.6. The maximum Gasteiger partial charge on any atom is 0.230 e. The lowest BCUT2D eigenvalue weighted by atomic mass is 10.2. The number of thioether (sulfide) groups is 1. The Hall–Kier alpha value is -0.260. The highest BCUT2D eigenvalue weighted by molar-refractivity contribution is 8.01. The molecule has 0 heterocycles. The van der Waals surface area contributed by atoms with E-state index in [9.17, 15) is 4.79 Å². The molecule has 0 rings (SSSR count). The standard InChI is InChI=1S/C11H23NO3S/c1-11(2,3)16-8-10(14)12-9(5-6-13)7-15-4/h9,13H,5-8H2,1-4H3,(H,12,14). The van der Waals surface area contributed by atoms with Gasteiger partial charge in [-0.1, -0.05) is 20.8 Å². The molecule has 1 amide bonds. The van der Waals surface area contributed by atoms with Gasteiger partial charge in [-0.3, -0.25) is 4.79 Å². The molecule has 0 aromatic carbocycles. The Balaban J connectivity index is 3.90. The van der Waals surface area contributed by atoms with Gasteiger partial charge < -0.3 is 15.2 Å². The first-order chi connectivity index (χ1) is 7.39. The summed E-state index contributed by atoms with van der Waals surface area (Å²) in [5.41, 5.74) is 0. The summed E-state index contributed by atoms with van der Waals surface area (Å²) in [7, 11) is 1.58. The normalized spacial score (nSPS) is 13.6. The summed E-state index contributed by atoms with van der Waals surface area (Å²) < 4.78 is 5.06. The van der Waals surface area contributed by atoms with Crippen molar-refractivity contribution >= 4 is 17.7 Å². The first-order valence-corrected chi connectivity index (χ1v) is 6.40. The summed E-state index contributed by atoms with van der Waals surface area (Å²) in [5, 5.41) is 11.7. The van der Waals surface area contributed by atoms with Crippen molar-refractivity contribution < 1.29 is 14.6 Å². The number of hydrogen-bond donors (Lipinski definition) is 2. The molecule has 0 aliphatic rings. The largest absolute Gasteiger partial charge is 0.396 e. The summed E-state index contributed by atoms with van der Waals surface area (Å²) in [6.45, 7) is 6.72. The van der Waals surface area contributed by atoms with E-state index in [-0.39, 0.29) is 23.3 Å². The third kappa shape index (κ3) is 9.00. The lowest BCUT2D eigenvalue weighted by molar-refractivity contribution is -0.119. The van der Waals surface area contributed by atoms with Gasteiger partial charge in [0, 0.05) is 18.5 Å². The summed E-state index contributed by atoms with van der Waals surface area (Å²) in [6.07, 6.45) is 0.528. The Labute approximate surface area is 102 Å². The van der Waals surface area contributed by atoms with E-state index in [0.29, 0.717) is 18.8 Å². The topological polar surface area (TPSA) is 58.6 Å². The molecule has 0 saturated carbocycles. The number of carbonyl (C=O) groups is 1. The van der Waals surface area contributed by atoms with Gasteiger partial charge in [0.1, 0.15) is 0 Å². The number of rotatable bonds is 7. The molecule has 0 aliphatic carbocycles. The third-order valence-corrected chi connectivity index (χ3v) is 3.12. The van der Waals surface area contributed by atoms with E-state index in [1.807, 2.05) is 0 Å². The van der Waals surface area contributed by atoms with Crippen LogP contribution in [-0.4, -0.2) is 47.9 Å². The first-order valence-electron chi connectivity index (χ1n) is 5.42. The molecule has 0 fully saturated rings. The predicted molar refractivity (Wildman–Crippen MR) is 67.7 cm³/mol. The second-order valence-electron chi connectivity index (χ2n) is 4.63. The fraction of sp³-hybridized carbons (Fsp3) is 0.909. The van der Waals surface area contributed by atoms with Crippen LogP contribution in [0.15, 0.2) is 0 Å². The smallest absolute Gasteiger partial charge is 0.230 e. The lowest BCUT2D eigenvalue weighted by Crippen LogP contribution is -2.40. The zero-order valence-corrected chi connectivity index (χ0v) is 11.4. The van der Waals surface area contributed by atoms with Crippen LogP contribution in [0.2, 0.25) is 0 Å². The van der Waals surface area contributed by atoms with Crippen LogP contribution in [0.1, 0.15) is 27.2 Å². The molecule has 0 saturated heterocycles. The van der Waals surface area contributed by atoms with Gasteiger partial charge in [0.25, 0.3) is 0 Å². The summed E-state index contributed by atoms with van der Waals surface area (Å²) >= 11 is 1.60. The highest BCUT2D eigenvalue weighted by Gasteiger charge is 2.16. The van der Waals surface area contributed by atoms with Crippen molar-refractivity contribution in [2.24, 2.45) is 0 Å². The molecule has 2 N–H and O–H groups in total. The highest BCUT2D eigenvalue weighted by Crippen LogP contribution is 2.22. The quantitative estimate of drug-likeness (QED) is 0.707. The molecule has 1 atom stereocenters. The summed E-state index contributed by atoms with van der Waals surface area (Å²) in [4.78, 5) is 11.6. The molecule has 96 valence electrons. The van der Waals surface area contributed by atoms with Gasteiger partial charge >= 0.3 is 0 Å². The van der Waals surface area contributed by atoms with E-state index in [2.05, 4.69) is 26.1 Å². The lowest BCUT2D eigenvalue weighted by Gasteiger charge is -2.20. The van der Waals surface area contributed by atoms with Crippen molar-refractivity contribution in [1.29, 1.82) is 0 Å². The van der Waals surface area contributed by atoms with Crippen LogP contribution in [0.3, 0.4) is 0 Å². The number of hydrogen-bond acceptors (Lipinski definition) is 4. The van der Waals surface area contributed by atoms with Crippen molar-refractivity contribution in [3.63, 3.8) is 0 Å². The van der Waals surface area contributed by atoms with Crippen LogP contribution in [0.4, 0.5) is 0 Å². The molecule has 16 heavy (non-hydrogen) atoms. The maximum atomic E-state index is 11.6. The molecule has 0 bridgehead atoms. The Bertz CT molecular complexity index is 198. The molecule has 0 aromatic heterocycles. The molecule has 0 aliphatic heterocycles. The van der Waals surface area contributed by atoms with E-state index in [1.54, 1.807) is 18.9 Å². The van der Waals surface area contributed by atoms with Gasteiger partial charge in [-0.05, 0) is 6.42 Å². The molecule has 0 aromatic rings. The number of aliphatic hydroxyl groups excluding tert-OH is 1. The minimum atomic E-state index is -0.0944. The number of aliphatic hydroxyl groups is 1. The van der Waals surface area contributed by atoms with Crippen LogP contribution < -0.4 is 5.32 Å². The van der Waals surface area contributed by atoms with Gasteiger partial charge in [0.05, 0.1) is 18.4 Å². The number of nitrogens with one attached hydrogen (secondary N) is 1. The number of methoxy groups -OCH3 is 1. The van der Waals surface area contributed by atoms with Crippen LogP contribution in [0.25, 0.3) is 0 Å². The van der Waals surface area contributed by atoms with Gasteiger partial charge in [-0.25, -0.2) is 0 Å². The minimum Gasteiger partial charge on any atom is -0.396 e. The van der Waals surface area contributed by atoms with Crippen molar-refractivity contribution in [2.75, 3.05) is 26.1 Å². The SMILES string of the molecule is COCC(CCO)NC(=O)CSC(C)(C)C. The fourth-order valence-electron chi connectivity index (χ4n) is 1.11. The summed E-state index contributed by atoms with van der Waals surface area (Å²) in [5.74, 6) is 0.435. The van der Waals surface area contributed by atoms with Gasteiger partial charge in [0.15, 0.2) is 0 Å². The molecule has 0 spiro atoms. The predicted octanol–water partition coefficient (Wildman–Crippen LogP) is 1.03. The van der Waals surface area contributed by atoms with Gasteiger partial charge in [-0.15, -0.1) is 11.8 Å². The van der Waals surface area contributed by atoms with Crippen LogP contribution in [-0.2, 0) is 9.53 Å². The van der Waals surface area contributed by atoms with E-state index < -0.39 is 0 Å². The third-order valence-electron chi connectivity index (χ3n) is 1.85. The Kier molecular flexibility index (Phi) is 7.80. The van der Waals surface area contributed by atoms with E-state index >= 15 is 0 Å². The van der Waals surface area contributed by atoms with Crippen molar-refractivity contribution in [1.82, 2.24) is 5.32 Å². The average molecular weight is 249 g/mol. The minimum absolute atomic E-state index is 0.00424. The molecule has 5 heteroatoms. The van der Waals surface area contributed by atoms with Gasteiger partial charge in [-0.2, -0.15) is 0 Å². The Morgan fingerprint density at radius 2 is 2.12 bits per heavy atom. The Morgan fingerprint density at radius 1 is 1.50 bits per heavy atom. The van der Waals surface area contributed by atoms with Crippen molar-refractivity contribution in [3.05, 3.63) is 0 Å². The number of carbonyl (C=O) groups excluding carboxylic acids is 1. The van der Waals surface area contributed by atoms with Crippen LogP contribution in [0, 0.1) is 0 Å². The second-order valence-corrected chi connectivity index (χ2v) is 6.44. The first kappa shape index (κ1) is 15.7. The second kappa shape index (κ2) is 7.92. The zero-order chi connectivity index (χ0) is 12.6. The monoisotopic (exact) mass is 249 g/mol. The molecule has 0 radical (unpaired) electrons. The van der Waals surface area contributed by atoms with Crippen LogP contribution in [0.5, 0.6) is 0 Å². The summed E-state index contributed by atoms with van der Waals surface area (Å²) in [6, 6.07) is -0.0944. The molecule has 1 unspecified atom stereocenters.